The minimum atomic E-state index is -0.972. The molecule has 0 aliphatic carbocycles. The molecule has 3 aromatic carbocycles. The summed E-state index contributed by atoms with van der Waals surface area (Å²) in [6.45, 7) is 2.28. The Labute approximate surface area is 236 Å². The molecule has 6 nitrogen and oxygen atoms in total. The molecule has 4 rings (SSSR count). The second kappa shape index (κ2) is 14.6. The number of carbonyl (C=O) groups is 2. The summed E-state index contributed by atoms with van der Waals surface area (Å²) in [5.41, 5.74) is 4.94. The molecule has 1 atom stereocenters. The quantitative estimate of drug-likeness (QED) is 0.181. The number of aliphatic carboxylic acids is 1. The zero-order chi connectivity index (χ0) is 28.2. The van der Waals surface area contributed by atoms with Crippen LogP contribution in [0.5, 0.6) is 5.75 Å². The first-order chi connectivity index (χ1) is 19.5. The standard InChI is InChI=1S/C34H36N2O4/c1-2-31(34(38)39)40-29-19-9-12-25(24-29)13-10-23-36-33(37)32-28(18-11-22-35-32)20-21-30(26-14-5-3-6-15-26)27-16-7-4-8-17-27/h3-9,11-12,14-19,22,24,30-31H,2,10,13,20-21,23H2,1H3,(H,36,37)(H,38,39). The van der Waals surface area contributed by atoms with E-state index in [0.717, 1.165) is 36.8 Å². The predicted molar refractivity (Wildman–Crippen MR) is 157 cm³/mol. The van der Waals surface area contributed by atoms with E-state index >= 15 is 0 Å². The number of amides is 1. The van der Waals surface area contributed by atoms with Crippen LogP contribution in [0, 0.1) is 0 Å². The van der Waals surface area contributed by atoms with Crippen molar-refractivity contribution in [3.8, 4) is 5.75 Å². The van der Waals surface area contributed by atoms with E-state index in [2.05, 4.69) is 58.8 Å². The third-order valence-corrected chi connectivity index (χ3v) is 6.96. The highest BCUT2D eigenvalue weighted by Gasteiger charge is 2.18. The fourth-order valence-electron chi connectivity index (χ4n) is 4.87. The Morgan fingerprint density at radius 3 is 2.23 bits per heavy atom. The molecule has 0 spiro atoms. The summed E-state index contributed by atoms with van der Waals surface area (Å²) >= 11 is 0. The van der Waals surface area contributed by atoms with Crippen LogP contribution in [-0.4, -0.2) is 34.6 Å². The van der Waals surface area contributed by atoms with Crippen LogP contribution >= 0.6 is 0 Å². The SMILES string of the molecule is CCC(Oc1cccc(CCCNC(=O)c2ncccc2CCC(c2ccccc2)c2ccccc2)c1)C(=O)O. The molecule has 1 unspecified atom stereocenters. The number of nitrogens with one attached hydrogen (secondary N) is 1. The number of aromatic nitrogens is 1. The normalized spacial score (nSPS) is 11.7. The van der Waals surface area contributed by atoms with Crippen LogP contribution in [0.25, 0.3) is 0 Å². The maximum atomic E-state index is 13.1. The van der Waals surface area contributed by atoms with Gasteiger partial charge in [-0.15, -0.1) is 0 Å². The molecule has 4 aromatic rings. The second-order valence-electron chi connectivity index (χ2n) is 9.78. The summed E-state index contributed by atoms with van der Waals surface area (Å²) in [5, 5.41) is 12.3. The molecule has 40 heavy (non-hydrogen) atoms. The van der Waals surface area contributed by atoms with E-state index in [0.29, 0.717) is 24.4 Å². The Morgan fingerprint density at radius 2 is 1.57 bits per heavy atom. The Kier molecular flexibility index (Phi) is 10.4. The maximum absolute atomic E-state index is 13.1. The number of hydrogen-bond donors (Lipinski definition) is 2. The highest BCUT2D eigenvalue weighted by atomic mass is 16.5. The van der Waals surface area contributed by atoms with Crippen molar-refractivity contribution in [3.63, 3.8) is 0 Å². The molecule has 0 aliphatic heterocycles. The van der Waals surface area contributed by atoms with Gasteiger partial charge in [0, 0.05) is 18.7 Å². The van der Waals surface area contributed by atoms with Crippen LogP contribution in [0.4, 0.5) is 0 Å². The maximum Gasteiger partial charge on any atom is 0.344 e. The van der Waals surface area contributed by atoms with Gasteiger partial charge in [0.15, 0.2) is 6.10 Å². The largest absolute Gasteiger partial charge is 0.479 e. The summed E-state index contributed by atoms with van der Waals surface area (Å²) in [6, 6.07) is 32.3. The predicted octanol–water partition coefficient (Wildman–Crippen LogP) is 6.45. The number of benzene rings is 3. The van der Waals surface area contributed by atoms with Crippen LogP contribution in [0.2, 0.25) is 0 Å². The molecule has 0 saturated heterocycles. The first-order valence-electron chi connectivity index (χ1n) is 13.9. The minimum absolute atomic E-state index is 0.170. The molecule has 0 aliphatic rings. The summed E-state index contributed by atoms with van der Waals surface area (Å²) in [4.78, 5) is 28.8. The van der Waals surface area contributed by atoms with Gasteiger partial charge in [0.2, 0.25) is 0 Å². The van der Waals surface area contributed by atoms with Crippen LogP contribution in [-0.2, 0) is 17.6 Å². The van der Waals surface area contributed by atoms with E-state index in [4.69, 9.17) is 4.74 Å². The third kappa shape index (κ3) is 8.03. The molecule has 0 fully saturated rings. The number of carboxylic acid groups (broad SMARTS) is 1. The second-order valence-corrected chi connectivity index (χ2v) is 9.78. The van der Waals surface area contributed by atoms with Gasteiger partial charge in [-0.3, -0.25) is 9.78 Å². The van der Waals surface area contributed by atoms with Crippen molar-refractivity contribution in [2.45, 2.75) is 51.0 Å². The van der Waals surface area contributed by atoms with Gasteiger partial charge in [0.05, 0.1) is 0 Å². The van der Waals surface area contributed by atoms with Gasteiger partial charge < -0.3 is 15.2 Å². The lowest BCUT2D eigenvalue weighted by Gasteiger charge is -2.19. The van der Waals surface area contributed by atoms with Crippen molar-refractivity contribution >= 4 is 11.9 Å². The van der Waals surface area contributed by atoms with Gasteiger partial charge >= 0.3 is 5.97 Å². The average Bonchev–Trinajstić information content (AvgIpc) is 2.99. The number of carboxylic acids is 1. The topological polar surface area (TPSA) is 88.5 Å². The molecule has 1 aromatic heterocycles. The lowest BCUT2D eigenvalue weighted by Crippen LogP contribution is -2.27. The van der Waals surface area contributed by atoms with Crippen molar-refractivity contribution in [1.82, 2.24) is 10.3 Å². The zero-order valence-corrected chi connectivity index (χ0v) is 22.8. The van der Waals surface area contributed by atoms with Crippen molar-refractivity contribution in [2.75, 3.05) is 6.54 Å². The van der Waals surface area contributed by atoms with Crippen molar-refractivity contribution in [2.24, 2.45) is 0 Å². The zero-order valence-electron chi connectivity index (χ0n) is 22.8. The smallest absolute Gasteiger partial charge is 0.344 e. The summed E-state index contributed by atoms with van der Waals surface area (Å²) in [7, 11) is 0. The molecular weight excluding hydrogens is 500 g/mol. The Hall–Kier alpha value is -4.45. The number of rotatable bonds is 14. The molecule has 0 radical (unpaired) electrons. The Balaban J connectivity index is 1.34. The molecule has 6 heteroatoms. The molecule has 1 heterocycles. The summed E-state index contributed by atoms with van der Waals surface area (Å²) < 4.78 is 5.60. The summed E-state index contributed by atoms with van der Waals surface area (Å²) in [5.74, 6) is -0.379. The number of pyridine rings is 1. The highest BCUT2D eigenvalue weighted by molar-refractivity contribution is 5.93. The van der Waals surface area contributed by atoms with Crippen molar-refractivity contribution in [3.05, 3.63) is 131 Å². The highest BCUT2D eigenvalue weighted by Crippen LogP contribution is 2.29. The van der Waals surface area contributed by atoms with E-state index in [1.54, 1.807) is 19.2 Å². The number of nitrogens with zero attached hydrogens (tertiary/aromatic N) is 1. The van der Waals surface area contributed by atoms with Crippen LogP contribution < -0.4 is 10.1 Å². The van der Waals surface area contributed by atoms with Gasteiger partial charge in [-0.1, -0.05) is 85.8 Å². The van der Waals surface area contributed by atoms with E-state index in [9.17, 15) is 14.7 Å². The lowest BCUT2D eigenvalue weighted by atomic mass is 9.86. The Bertz CT molecular complexity index is 1340. The van der Waals surface area contributed by atoms with Crippen molar-refractivity contribution < 1.29 is 19.4 Å². The molecule has 1 amide bonds. The lowest BCUT2D eigenvalue weighted by molar-refractivity contribution is -0.145. The van der Waals surface area contributed by atoms with Crippen LogP contribution in [0.3, 0.4) is 0 Å². The first kappa shape index (κ1) is 28.6. The number of hydrogen-bond acceptors (Lipinski definition) is 4. The number of ether oxygens (including phenoxy) is 1. The average molecular weight is 537 g/mol. The molecule has 206 valence electrons. The fraction of sp³-hybridized carbons (Fsp3) is 0.265. The van der Waals surface area contributed by atoms with E-state index in [-0.39, 0.29) is 11.8 Å². The number of carbonyl (C=O) groups excluding carboxylic acids is 1. The fourth-order valence-corrected chi connectivity index (χ4v) is 4.87. The van der Waals surface area contributed by atoms with Crippen molar-refractivity contribution in [1.29, 1.82) is 0 Å². The van der Waals surface area contributed by atoms with Gasteiger partial charge in [0.25, 0.3) is 5.91 Å². The molecular formula is C34H36N2O4. The molecule has 0 saturated carbocycles. The van der Waals surface area contributed by atoms with Gasteiger partial charge in [-0.05, 0) is 72.6 Å². The first-order valence-corrected chi connectivity index (χ1v) is 13.9. The van der Waals surface area contributed by atoms with Gasteiger partial charge in [0.1, 0.15) is 11.4 Å². The van der Waals surface area contributed by atoms with Gasteiger partial charge in [-0.2, -0.15) is 0 Å². The van der Waals surface area contributed by atoms with Gasteiger partial charge in [-0.25, -0.2) is 4.79 Å². The molecule has 2 N–H and O–H groups in total. The van der Waals surface area contributed by atoms with E-state index in [1.807, 2.05) is 42.5 Å². The number of aryl methyl sites for hydroxylation is 2. The van der Waals surface area contributed by atoms with Crippen LogP contribution in [0.15, 0.2) is 103 Å². The Morgan fingerprint density at radius 1 is 0.875 bits per heavy atom. The van der Waals surface area contributed by atoms with E-state index < -0.39 is 12.1 Å². The summed E-state index contributed by atoms with van der Waals surface area (Å²) in [6.07, 6.45) is 4.24. The monoisotopic (exact) mass is 536 g/mol. The van der Waals surface area contributed by atoms with Crippen LogP contribution in [0.1, 0.15) is 64.8 Å². The third-order valence-electron chi connectivity index (χ3n) is 6.96. The molecule has 0 bridgehead atoms. The minimum Gasteiger partial charge on any atom is -0.479 e. The van der Waals surface area contributed by atoms with E-state index in [1.165, 1.54) is 11.1 Å².